The number of carbonyl (C=O) groups is 1. The fraction of sp³-hybridized carbons (Fsp3) is 0.429. The number of amides is 1. The number of hydrogen-bond donors (Lipinski definition) is 2. The Hall–Kier alpha value is -1.62. The molecule has 0 bridgehead atoms. The summed E-state index contributed by atoms with van der Waals surface area (Å²) in [5, 5.41) is 5.74. The first kappa shape index (κ1) is 15.4. The van der Waals surface area contributed by atoms with E-state index >= 15 is 0 Å². The lowest BCUT2D eigenvalue weighted by molar-refractivity contribution is 0.138. The van der Waals surface area contributed by atoms with E-state index in [1.165, 1.54) is 0 Å². The van der Waals surface area contributed by atoms with Crippen LogP contribution in [0.5, 0.6) is 0 Å². The number of para-hydroxylation sites is 1. The molecule has 0 unspecified atom stereocenters. The zero-order chi connectivity index (χ0) is 14.3. The Morgan fingerprint density at radius 2 is 2.05 bits per heavy atom. The van der Waals surface area contributed by atoms with Gasteiger partial charge in [0.25, 0.3) is 0 Å². The van der Waals surface area contributed by atoms with E-state index < -0.39 is 6.09 Å². The Morgan fingerprint density at radius 3 is 2.68 bits per heavy atom. The second-order valence-corrected chi connectivity index (χ2v) is 4.99. The normalized spacial score (nSPS) is 10.1. The highest BCUT2D eigenvalue weighted by atomic mass is 32.1. The van der Waals surface area contributed by atoms with Crippen molar-refractivity contribution in [2.45, 2.75) is 27.2 Å². The Labute approximate surface area is 119 Å². The van der Waals surface area contributed by atoms with Crippen LogP contribution >= 0.6 is 12.2 Å². The molecule has 1 aromatic carbocycles. The lowest BCUT2D eigenvalue weighted by Crippen LogP contribution is -2.35. The molecular weight excluding hydrogens is 260 g/mol. The summed E-state index contributed by atoms with van der Waals surface area (Å²) in [6.45, 7) is 6.39. The minimum atomic E-state index is -0.528. The van der Waals surface area contributed by atoms with E-state index in [1.807, 2.05) is 38.1 Å². The second-order valence-electron chi connectivity index (χ2n) is 4.58. The maximum atomic E-state index is 11.4. The summed E-state index contributed by atoms with van der Waals surface area (Å²) < 4.78 is 4.99. The molecule has 0 aliphatic carbocycles. The zero-order valence-electron chi connectivity index (χ0n) is 11.5. The molecule has 0 saturated heterocycles. The van der Waals surface area contributed by atoms with Crippen molar-refractivity contribution in [3.8, 4) is 0 Å². The van der Waals surface area contributed by atoms with Gasteiger partial charge in [-0.3, -0.25) is 5.32 Å². The van der Waals surface area contributed by atoms with Crippen molar-refractivity contribution in [3.05, 3.63) is 29.8 Å². The number of thiocarbonyl (C=S) groups is 1. The number of aryl methyl sites for hydroxylation is 1. The largest absolute Gasteiger partial charge is 0.449 e. The molecule has 0 heterocycles. The van der Waals surface area contributed by atoms with Crippen LogP contribution in [0.2, 0.25) is 0 Å². The van der Waals surface area contributed by atoms with Crippen molar-refractivity contribution in [3.63, 3.8) is 0 Å². The van der Waals surface area contributed by atoms with Crippen molar-refractivity contribution in [1.82, 2.24) is 5.32 Å². The molecule has 0 atom stereocenters. The van der Waals surface area contributed by atoms with Crippen molar-refractivity contribution >= 4 is 29.1 Å². The summed E-state index contributed by atoms with van der Waals surface area (Å²) in [7, 11) is 0. The fourth-order valence-electron chi connectivity index (χ4n) is 1.48. The van der Waals surface area contributed by atoms with Crippen LogP contribution in [0.3, 0.4) is 0 Å². The number of ether oxygens (including phenoxy) is 1. The van der Waals surface area contributed by atoms with E-state index in [0.29, 0.717) is 12.5 Å². The van der Waals surface area contributed by atoms with Gasteiger partial charge in [-0.15, -0.1) is 0 Å². The average Bonchev–Trinajstić information content (AvgIpc) is 2.37. The number of benzene rings is 1. The van der Waals surface area contributed by atoms with Gasteiger partial charge in [0.1, 0.15) is 0 Å². The Bertz CT molecular complexity index is 447. The molecule has 0 fully saturated rings. The van der Waals surface area contributed by atoms with Crippen molar-refractivity contribution in [2.24, 2.45) is 5.92 Å². The van der Waals surface area contributed by atoms with E-state index in [0.717, 1.165) is 17.7 Å². The van der Waals surface area contributed by atoms with Crippen molar-refractivity contribution < 1.29 is 9.53 Å². The highest BCUT2D eigenvalue weighted by Gasteiger charge is 2.08. The van der Waals surface area contributed by atoms with Gasteiger partial charge < -0.3 is 10.1 Å². The minimum absolute atomic E-state index is 0.245. The van der Waals surface area contributed by atoms with Gasteiger partial charge in [-0.1, -0.05) is 39.0 Å². The maximum Gasteiger partial charge on any atom is 0.413 e. The summed E-state index contributed by atoms with van der Waals surface area (Å²) in [5.74, 6) is 0.299. The van der Waals surface area contributed by atoms with Crippen LogP contribution < -0.4 is 10.6 Å². The number of alkyl carbamates (subject to hydrolysis) is 1. The number of nitrogens with one attached hydrogen (secondary N) is 2. The van der Waals surface area contributed by atoms with Crippen LogP contribution in [0, 0.1) is 5.92 Å². The number of anilines is 1. The van der Waals surface area contributed by atoms with Gasteiger partial charge in [0, 0.05) is 5.69 Å². The van der Waals surface area contributed by atoms with Gasteiger partial charge in [-0.2, -0.15) is 0 Å². The molecule has 1 aromatic rings. The molecule has 1 rings (SSSR count). The van der Waals surface area contributed by atoms with E-state index in [4.69, 9.17) is 17.0 Å². The molecule has 0 aliphatic heterocycles. The van der Waals surface area contributed by atoms with E-state index in [-0.39, 0.29) is 5.11 Å². The third kappa shape index (κ3) is 5.70. The van der Waals surface area contributed by atoms with Crippen molar-refractivity contribution in [1.29, 1.82) is 0 Å². The number of hydrogen-bond acceptors (Lipinski definition) is 3. The summed E-state index contributed by atoms with van der Waals surface area (Å²) in [4.78, 5) is 11.4. The third-order valence-corrected chi connectivity index (χ3v) is 2.61. The summed E-state index contributed by atoms with van der Waals surface area (Å²) in [6.07, 6.45) is 0.365. The van der Waals surface area contributed by atoms with Gasteiger partial charge in [-0.25, -0.2) is 4.79 Å². The van der Waals surface area contributed by atoms with Crippen molar-refractivity contribution in [2.75, 3.05) is 11.9 Å². The number of carbonyl (C=O) groups excluding carboxylic acids is 1. The van der Waals surface area contributed by atoms with Gasteiger partial charge in [0.05, 0.1) is 6.61 Å². The van der Waals surface area contributed by atoms with Crippen LogP contribution in [0.25, 0.3) is 0 Å². The highest BCUT2D eigenvalue weighted by molar-refractivity contribution is 7.80. The Kier molecular flexibility index (Phi) is 6.29. The summed E-state index contributed by atoms with van der Waals surface area (Å²) >= 11 is 5.08. The lowest BCUT2D eigenvalue weighted by Gasteiger charge is -2.13. The standard InChI is InChI=1S/C14H20N2O2S/c1-4-11-7-5-6-8-12(11)15-13(19)16-14(17)18-9-10(2)3/h5-8,10H,4,9H2,1-3H3,(H2,15,16,17,19). The maximum absolute atomic E-state index is 11.4. The van der Waals surface area contributed by atoms with Gasteiger partial charge >= 0.3 is 6.09 Å². The molecule has 0 aliphatic rings. The van der Waals surface area contributed by atoms with Gasteiger partial charge in [0.2, 0.25) is 0 Å². The first-order valence-electron chi connectivity index (χ1n) is 6.35. The predicted octanol–water partition coefficient (Wildman–Crippen LogP) is 3.33. The SMILES string of the molecule is CCc1ccccc1NC(=S)NC(=O)OCC(C)C. The monoisotopic (exact) mass is 280 g/mol. The lowest BCUT2D eigenvalue weighted by atomic mass is 10.1. The van der Waals surface area contributed by atoms with Crippen LogP contribution in [0.15, 0.2) is 24.3 Å². The molecular formula is C14H20N2O2S. The molecule has 4 nitrogen and oxygen atoms in total. The number of rotatable bonds is 4. The Morgan fingerprint density at radius 1 is 1.37 bits per heavy atom. The smallest absolute Gasteiger partial charge is 0.413 e. The van der Waals surface area contributed by atoms with E-state index in [2.05, 4.69) is 17.6 Å². The Balaban J connectivity index is 2.49. The summed E-state index contributed by atoms with van der Waals surface area (Å²) in [5.41, 5.74) is 2.04. The molecule has 19 heavy (non-hydrogen) atoms. The second kappa shape index (κ2) is 7.74. The van der Waals surface area contributed by atoms with Crippen LogP contribution in [0.1, 0.15) is 26.3 Å². The molecule has 0 radical (unpaired) electrons. The van der Waals surface area contributed by atoms with E-state index in [1.54, 1.807) is 0 Å². The van der Waals surface area contributed by atoms with Crippen LogP contribution in [-0.4, -0.2) is 17.8 Å². The van der Waals surface area contributed by atoms with Gasteiger partial charge in [0.15, 0.2) is 5.11 Å². The first-order chi connectivity index (χ1) is 9.02. The molecule has 2 N–H and O–H groups in total. The quantitative estimate of drug-likeness (QED) is 0.831. The molecule has 104 valence electrons. The molecule has 5 heteroatoms. The minimum Gasteiger partial charge on any atom is -0.449 e. The van der Waals surface area contributed by atoms with Crippen LogP contribution in [-0.2, 0) is 11.2 Å². The molecule has 1 amide bonds. The molecule has 0 aromatic heterocycles. The topological polar surface area (TPSA) is 50.4 Å². The molecule has 0 saturated carbocycles. The third-order valence-electron chi connectivity index (χ3n) is 2.41. The van der Waals surface area contributed by atoms with Crippen LogP contribution in [0.4, 0.5) is 10.5 Å². The fourth-order valence-corrected chi connectivity index (χ4v) is 1.67. The zero-order valence-corrected chi connectivity index (χ0v) is 12.3. The van der Waals surface area contributed by atoms with E-state index in [9.17, 15) is 4.79 Å². The molecule has 0 spiro atoms. The van der Waals surface area contributed by atoms with Gasteiger partial charge in [-0.05, 0) is 36.2 Å². The summed E-state index contributed by atoms with van der Waals surface area (Å²) in [6, 6.07) is 7.83. The predicted molar refractivity (Wildman–Crippen MR) is 81.4 cm³/mol. The highest BCUT2D eigenvalue weighted by Crippen LogP contribution is 2.15. The first-order valence-corrected chi connectivity index (χ1v) is 6.76. The average molecular weight is 280 g/mol.